The second kappa shape index (κ2) is 8.81. The van der Waals surface area contributed by atoms with Crippen molar-refractivity contribution in [3.8, 4) is 0 Å². The van der Waals surface area contributed by atoms with Gasteiger partial charge >= 0.3 is 0 Å². The zero-order valence-corrected chi connectivity index (χ0v) is 18.0. The van der Waals surface area contributed by atoms with Crippen LogP contribution in [0.3, 0.4) is 0 Å². The van der Waals surface area contributed by atoms with E-state index in [1.54, 1.807) is 24.3 Å². The second-order valence-corrected chi connectivity index (χ2v) is 9.93. The molecule has 0 saturated heterocycles. The minimum absolute atomic E-state index is 0.430. The van der Waals surface area contributed by atoms with Gasteiger partial charge in [-0.05, 0) is 83.6 Å². The SMILES string of the molecule is Nc1ccc(Cc2ccc(P(=O)(O)c3ccc(Cc4ccc(N)cc4)cc3)cc2)cc1. The van der Waals surface area contributed by atoms with Crippen LogP contribution in [0.15, 0.2) is 97.1 Å². The third-order valence-electron chi connectivity index (χ3n) is 5.35. The Balaban J connectivity index is 1.47. The lowest BCUT2D eigenvalue weighted by Crippen LogP contribution is -2.15. The molecule has 0 atom stereocenters. The maximum absolute atomic E-state index is 13.2. The van der Waals surface area contributed by atoms with E-state index in [1.165, 1.54) is 0 Å². The predicted molar refractivity (Wildman–Crippen MR) is 129 cm³/mol. The van der Waals surface area contributed by atoms with Crippen LogP contribution in [0.1, 0.15) is 22.3 Å². The van der Waals surface area contributed by atoms with Gasteiger partial charge in [0.15, 0.2) is 0 Å². The van der Waals surface area contributed by atoms with E-state index >= 15 is 0 Å². The standard InChI is InChI=1S/C26H25N2O2P/c27-23-9-1-19(2-10-23)17-21-5-13-25(14-6-21)31(29,30)26-15-7-22(8-16-26)18-20-3-11-24(28)12-4-20/h1-16H,17-18,27-28H2,(H,29,30). The van der Waals surface area contributed by atoms with Crippen molar-refractivity contribution in [3.63, 3.8) is 0 Å². The minimum atomic E-state index is -3.65. The largest absolute Gasteiger partial charge is 0.399 e. The summed E-state index contributed by atoms with van der Waals surface area (Å²) in [5.74, 6) is 0. The van der Waals surface area contributed by atoms with Gasteiger partial charge in [-0.15, -0.1) is 0 Å². The van der Waals surface area contributed by atoms with Gasteiger partial charge in [-0.3, -0.25) is 4.57 Å². The van der Waals surface area contributed by atoms with Gasteiger partial charge in [-0.25, -0.2) is 0 Å². The summed E-state index contributed by atoms with van der Waals surface area (Å²) in [6.07, 6.45) is 1.49. The van der Waals surface area contributed by atoms with Crippen LogP contribution >= 0.6 is 7.37 Å². The molecule has 4 nitrogen and oxygen atoms in total. The number of nitrogens with two attached hydrogens (primary N) is 2. The summed E-state index contributed by atoms with van der Waals surface area (Å²) >= 11 is 0. The number of hydrogen-bond acceptors (Lipinski definition) is 3. The molecule has 0 bridgehead atoms. The summed E-state index contributed by atoms with van der Waals surface area (Å²) in [5, 5.41) is 0.861. The summed E-state index contributed by atoms with van der Waals surface area (Å²) in [5.41, 5.74) is 17.4. The lowest BCUT2D eigenvalue weighted by molar-refractivity contribution is 0.501. The van der Waals surface area contributed by atoms with Crippen molar-refractivity contribution in [1.29, 1.82) is 0 Å². The molecule has 4 aromatic carbocycles. The Morgan fingerprint density at radius 2 is 0.774 bits per heavy atom. The molecule has 0 heterocycles. The summed E-state index contributed by atoms with van der Waals surface area (Å²) in [6, 6.07) is 30.1. The average molecular weight is 428 g/mol. The molecule has 156 valence electrons. The quantitative estimate of drug-likeness (QED) is 0.316. The molecule has 0 aliphatic carbocycles. The zero-order chi connectivity index (χ0) is 21.8. The van der Waals surface area contributed by atoms with Crippen LogP contribution in [-0.2, 0) is 17.4 Å². The number of hydrogen-bond donors (Lipinski definition) is 3. The van der Waals surface area contributed by atoms with Gasteiger partial charge in [0.1, 0.15) is 0 Å². The summed E-state index contributed by atoms with van der Waals surface area (Å²) in [6.45, 7) is 0. The zero-order valence-electron chi connectivity index (χ0n) is 17.1. The Morgan fingerprint density at radius 3 is 1.06 bits per heavy atom. The lowest BCUT2D eigenvalue weighted by atomic mass is 10.0. The van der Waals surface area contributed by atoms with E-state index in [0.717, 1.165) is 46.5 Å². The number of anilines is 2. The first kappa shape index (κ1) is 20.9. The van der Waals surface area contributed by atoms with E-state index in [1.807, 2.05) is 72.8 Å². The smallest absolute Gasteiger partial charge is 0.258 e. The van der Waals surface area contributed by atoms with Crippen molar-refractivity contribution in [1.82, 2.24) is 0 Å². The van der Waals surface area contributed by atoms with Crippen molar-refractivity contribution in [2.24, 2.45) is 0 Å². The van der Waals surface area contributed by atoms with Crippen LogP contribution in [0.25, 0.3) is 0 Å². The Hall–Kier alpha value is -3.33. The highest BCUT2D eigenvalue weighted by molar-refractivity contribution is 7.73. The molecule has 0 unspecified atom stereocenters. The predicted octanol–water partition coefficient (Wildman–Crippen LogP) is 4.25. The van der Waals surface area contributed by atoms with E-state index in [2.05, 4.69) is 0 Å². The highest BCUT2D eigenvalue weighted by atomic mass is 31.2. The van der Waals surface area contributed by atoms with Gasteiger partial charge in [0.05, 0.1) is 0 Å². The molecule has 5 heteroatoms. The fourth-order valence-electron chi connectivity index (χ4n) is 3.52. The molecule has 5 N–H and O–H groups in total. The second-order valence-electron chi connectivity index (χ2n) is 7.75. The molecule has 31 heavy (non-hydrogen) atoms. The Morgan fingerprint density at radius 1 is 0.516 bits per heavy atom. The van der Waals surface area contributed by atoms with Gasteiger partial charge < -0.3 is 16.4 Å². The molecule has 0 aliphatic heterocycles. The van der Waals surface area contributed by atoms with Gasteiger partial charge in [0.2, 0.25) is 0 Å². The summed E-state index contributed by atoms with van der Waals surface area (Å²) in [4.78, 5) is 10.8. The number of rotatable bonds is 6. The molecule has 0 aliphatic rings. The fraction of sp³-hybridized carbons (Fsp3) is 0.0769. The van der Waals surface area contributed by atoms with Crippen LogP contribution in [-0.4, -0.2) is 4.89 Å². The van der Waals surface area contributed by atoms with Crippen molar-refractivity contribution in [2.75, 3.05) is 11.5 Å². The van der Waals surface area contributed by atoms with Crippen LogP contribution in [0.4, 0.5) is 11.4 Å². The summed E-state index contributed by atoms with van der Waals surface area (Å²) in [7, 11) is -3.65. The molecule has 0 fully saturated rings. The van der Waals surface area contributed by atoms with Crippen molar-refractivity contribution >= 4 is 29.4 Å². The van der Waals surface area contributed by atoms with Crippen LogP contribution in [0.5, 0.6) is 0 Å². The van der Waals surface area contributed by atoms with Gasteiger partial charge in [0.25, 0.3) is 7.37 Å². The van der Waals surface area contributed by atoms with E-state index in [-0.39, 0.29) is 0 Å². The molecule has 4 aromatic rings. The first-order valence-corrected chi connectivity index (χ1v) is 11.8. The van der Waals surface area contributed by atoms with Gasteiger partial charge in [-0.2, -0.15) is 0 Å². The highest BCUT2D eigenvalue weighted by Gasteiger charge is 2.24. The van der Waals surface area contributed by atoms with E-state index in [9.17, 15) is 9.46 Å². The van der Waals surface area contributed by atoms with Gasteiger partial charge in [0, 0.05) is 22.0 Å². The van der Waals surface area contributed by atoms with Crippen LogP contribution in [0, 0.1) is 0 Å². The molecule has 0 radical (unpaired) electrons. The fourth-order valence-corrected chi connectivity index (χ4v) is 4.93. The average Bonchev–Trinajstić information content (AvgIpc) is 2.78. The summed E-state index contributed by atoms with van der Waals surface area (Å²) < 4.78 is 13.2. The molecule has 4 rings (SSSR count). The maximum atomic E-state index is 13.2. The van der Waals surface area contributed by atoms with E-state index < -0.39 is 7.37 Å². The maximum Gasteiger partial charge on any atom is 0.258 e. The Kier molecular flexibility index (Phi) is 5.94. The third kappa shape index (κ3) is 5.05. The monoisotopic (exact) mass is 428 g/mol. The molecule has 0 spiro atoms. The molecule has 0 aromatic heterocycles. The van der Waals surface area contributed by atoms with Crippen LogP contribution in [0.2, 0.25) is 0 Å². The Labute approximate surface area is 182 Å². The lowest BCUT2D eigenvalue weighted by Gasteiger charge is -2.14. The highest BCUT2D eigenvalue weighted by Crippen LogP contribution is 2.38. The first-order valence-electron chi connectivity index (χ1n) is 10.1. The topological polar surface area (TPSA) is 89.3 Å². The molecule has 0 amide bonds. The Bertz CT molecular complexity index is 1110. The van der Waals surface area contributed by atoms with E-state index in [0.29, 0.717) is 10.6 Å². The van der Waals surface area contributed by atoms with Gasteiger partial charge in [-0.1, -0.05) is 48.5 Å². The first-order chi connectivity index (χ1) is 14.9. The normalized spacial score (nSPS) is 11.4. The van der Waals surface area contributed by atoms with Crippen LogP contribution < -0.4 is 22.1 Å². The molecular weight excluding hydrogens is 403 g/mol. The number of benzene rings is 4. The third-order valence-corrected chi connectivity index (χ3v) is 7.34. The van der Waals surface area contributed by atoms with Crippen molar-refractivity contribution < 1.29 is 9.46 Å². The molecule has 0 saturated carbocycles. The minimum Gasteiger partial charge on any atom is -0.399 e. The van der Waals surface area contributed by atoms with E-state index in [4.69, 9.17) is 11.5 Å². The van der Waals surface area contributed by atoms with Crippen molar-refractivity contribution in [2.45, 2.75) is 12.8 Å². The molecular formula is C26H25N2O2P. The number of nitrogen functional groups attached to an aromatic ring is 2. The van der Waals surface area contributed by atoms with Crippen molar-refractivity contribution in [3.05, 3.63) is 119 Å².